The van der Waals surface area contributed by atoms with Crippen LogP contribution in [-0.4, -0.2) is 52.2 Å². The number of likely N-dealkylation sites (tertiary alicyclic amines) is 1. The molecule has 2 heterocycles. The van der Waals surface area contributed by atoms with Crippen molar-refractivity contribution in [1.29, 1.82) is 0 Å². The molecular weight excluding hydrogens is 256 g/mol. The normalized spacial score (nSPS) is 23.2. The summed E-state index contributed by atoms with van der Waals surface area (Å²) in [5.41, 5.74) is 0. The van der Waals surface area contributed by atoms with Gasteiger partial charge in [0.1, 0.15) is 0 Å². The van der Waals surface area contributed by atoms with Gasteiger partial charge in [-0.25, -0.2) is 0 Å². The molecule has 1 aliphatic rings. The molecule has 3 N–H and O–H groups in total. The monoisotopic (exact) mass is 270 g/mol. The Kier molecular flexibility index (Phi) is 3.65. The quantitative estimate of drug-likeness (QED) is 0.699. The minimum Gasteiger partial charge on any atom is -0.388 e. The lowest BCUT2D eigenvalue weighted by Crippen LogP contribution is -2.29. The number of carbonyl (C=O) groups is 2. The van der Waals surface area contributed by atoms with Gasteiger partial charge in [-0.3, -0.25) is 9.59 Å². The molecule has 7 heteroatoms. The standard InChI is InChI=1S/C11H14N2O4S/c1-6(14)12-10-3-2-9(18-10)11(17)13-4-7(15)8(16)5-13/h2-3,7-8,15-16H,4-5H2,1H3,(H,12,14). The summed E-state index contributed by atoms with van der Waals surface area (Å²) >= 11 is 1.17. The number of amides is 2. The van der Waals surface area contributed by atoms with Gasteiger partial charge >= 0.3 is 0 Å². The molecule has 1 saturated heterocycles. The molecule has 0 saturated carbocycles. The zero-order chi connectivity index (χ0) is 13.3. The molecule has 0 bridgehead atoms. The van der Waals surface area contributed by atoms with Crippen LogP contribution in [0.25, 0.3) is 0 Å². The number of nitrogens with zero attached hydrogens (tertiary/aromatic N) is 1. The topological polar surface area (TPSA) is 89.9 Å². The van der Waals surface area contributed by atoms with Crippen molar-refractivity contribution in [2.75, 3.05) is 18.4 Å². The Morgan fingerprint density at radius 2 is 1.94 bits per heavy atom. The summed E-state index contributed by atoms with van der Waals surface area (Å²) in [4.78, 5) is 24.8. The van der Waals surface area contributed by atoms with Crippen molar-refractivity contribution in [3.8, 4) is 0 Å². The fourth-order valence-corrected chi connectivity index (χ4v) is 2.70. The van der Waals surface area contributed by atoms with Crippen LogP contribution >= 0.6 is 11.3 Å². The van der Waals surface area contributed by atoms with Crippen LogP contribution < -0.4 is 5.32 Å². The maximum absolute atomic E-state index is 12.0. The lowest BCUT2D eigenvalue weighted by Gasteiger charge is -2.13. The van der Waals surface area contributed by atoms with Gasteiger partial charge in [-0.1, -0.05) is 0 Å². The second-order valence-electron chi connectivity index (χ2n) is 4.19. The van der Waals surface area contributed by atoms with Crippen molar-refractivity contribution in [3.63, 3.8) is 0 Å². The van der Waals surface area contributed by atoms with Crippen molar-refractivity contribution in [3.05, 3.63) is 17.0 Å². The van der Waals surface area contributed by atoms with Crippen molar-refractivity contribution >= 4 is 28.2 Å². The van der Waals surface area contributed by atoms with E-state index in [-0.39, 0.29) is 24.9 Å². The van der Waals surface area contributed by atoms with Gasteiger partial charge < -0.3 is 20.4 Å². The Hall–Kier alpha value is -1.44. The highest BCUT2D eigenvalue weighted by atomic mass is 32.1. The zero-order valence-electron chi connectivity index (χ0n) is 9.79. The van der Waals surface area contributed by atoms with Crippen LogP contribution in [-0.2, 0) is 4.79 Å². The predicted molar refractivity (Wildman–Crippen MR) is 66.5 cm³/mol. The molecule has 2 amide bonds. The van der Waals surface area contributed by atoms with Crippen molar-refractivity contribution in [2.45, 2.75) is 19.1 Å². The van der Waals surface area contributed by atoms with E-state index in [1.165, 1.54) is 23.2 Å². The first-order chi connectivity index (χ1) is 8.47. The molecule has 0 aliphatic carbocycles. The highest BCUT2D eigenvalue weighted by Gasteiger charge is 2.33. The first-order valence-electron chi connectivity index (χ1n) is 5.50. The molecule has 0 aromatic carbocycles. The van der Waals surface area contributed by atoms with Gasteiger partial charge in [-0.2, -0.15) is 0 Å². The van der Waals surface area contributed by atoms with E-state index < -0.39 is 12.2 Å². The maximum atomic E-state index is 12.0. The van der Waals surface area contributed by atoms with E-state index >= 15 is 0 Å². The zero-order valence-corrected chi connectivity index (χ0v) is 10.6. The predicted octanol–water partition coefficient (Wildman–Crippen LogP) is -0.116. The van der Waals surface area contributed by atoms with Crippen LogP contribution in [0.15, 0.2) is 12.1 Å². The molecule has 6 nitrogen and oxygen atoms in total. The number of β-amino-alcohol motifs (C(OH)–C–C–N with tert-alkyl or cyclic N) is 2. The fraction of sp³-hybridized carbons (Fsp3) is 0.455. The second kappa shape index (κ2) is 5.05. The molecule has 2 atom stereocenters. The first kappa shape index (κ1) is 13.0. The Bertz CT molecular complexity index is 463. The van der Waals surface area contributed by atoms with Crippen LogP contribution in [0.1, 0.15) is 16.6 Å². The minimum absolute atomic E-state index is 0.132. The molecule has 1 aromatic heterocycles. The third-order valence-electron chi connectivity index (χ3n) is 2.66. The van der Waals surface area contributed by atoms with Crippen LogP contribution in [0.5, 0.6) is 0 Å². The molecular formula is C11H14N2O4S. The van der Waals surface area contributed by atoms with Crippen LogP contribution in [0.4, 0.5) is 5.00 Å². The first-order valence-corrected chi connectivity index (χ1v) is 6.32. The molecule has 0 spiro atoms. The second-order valence-corrected chi connectivity index (χ2v) is 5.27. The summed E-state index contributed by atoms with van der Waals surface area (Å²) in [6.45, 7) is 1.66. The highest BCUT2D eigenvalue weighted by molar-refractivity contribution is 7.18. The number of aliphatic hydroxyl groups is 2. The molecule has 2 unspecified atom stereocenters. The third-order valence-corrected chi connectivity index (χ3v) is 3.65. The van der Waals surface area contributed by atoms with E-state index in [0.717, 1.165) is 0 Å². The lowest BCUT2D eigenvalue weighted by molar-refractivity contribution is -0.114. The van der Waals surface area contributed by atoms with Crippen molar-refractivity contribution in [1.82, 2.24) is 4.90 Å². The SMILES string of the molecule is CC(=O)Nc1ccc(C(=O)N2CC(O)C(O)C2)s1. The molecule has 1 aliphatic heterocycles. The molecule has 18 heavy (non-hydrogen) atoms. The maximum Gasteiger partial charge on any atom is 0.264 e. The number of anilines is 1. The van der Waals surface area contributed by atoms with E-state index in [9.17, 15) is 19.8 Å². The molecule has 1 fully saturated rings. The number of aliphatic hydroxyl groups excluding tert-OH is 2. The lowest BCUT2D eigenvalue weighted by atomic mass is 10.3. The van der Waals surface area contributed by atoms with Gasteiger partial charge in [-0.05, 0) is 12.1 Å². The summed E-state index contributed by atoms with van der Waals surface area (Å²) in [6, 6.07) is 3.28. The number of rotatable bonds is 2. The number of nitrogens with one attached hydrogen (secondary N) is 1. The Labute approximate surface area is 108 Å². The Morgan fingerprint density at radius 1 is 1.33 bits per heavy atom. The average Bonchev–Trinajstić information content (AvgIpc) is 2.85. The van der Waals surface area contributed by atoms with Crippen molar-refractivity contribution < 1.29 is 19.8 Å². The van der Waals surface area contributed by atoms with Gasteiger partial charge in [0.25, 0.3) is 5.91 Å². The fourth-order valence-electron chi connectivity index (χ4n) is 1.78. The summed E-state index contributed by atoms with van der Waals surface area (Å²) in [5, 5.41) is 22.0. The Balaban J connectivity index is 2.05. The van der Waals surface area contributed by atoms with E-state index in [1.807, 2.05) is 0 Å². The number of thiophene rings is 1. The van der Waals surface area contributed by atoms with Crippen LogP contribution in [0, 0.1) is 0 Å². The molecule has 0 radical (unpaired) electrons. The van der Waals surface area contributed by atoms with Crippen LogP contribution in [0.2, 0.25) is 0 Å². The average molecular weight is 270 g/mol. The van der Waals surface area contributed by atoms with E-state index in [4.69, 9.17) is 0 Å². The summed E-state index contributed by atoms with van der Waals surface area (Å²) in [6.07, 6.45) is -1.77. The Morgan fingerprint density at radius 3 is 2.50 bits per heavy atom. The number of hydrogen-bond acceptors (Lipinski definition) is 5. The highest BCUT2D eigenvalue weighted by Crippen LogP contribution is 2.24. The van der Waals surface area contributed by atoms with Crippen molar-refractivity contribution in [2.24, 2.45) is 0 Å². The molecule has 98 valence electrons. The van der Waals surface area contributed by atoms with Gasteiger partial charge in [0.15, 0.2) is 0 Å². The third kappa shape index (κ3) is 2.69. The number of hydrogen-bond donors (Lipinski definition) is 3. The summed E-state index contributed by atoms with van der Waals surface area (Å²) in [5.74, 6) is -0.435. The number of carbonyl (C=O) groups excluding carboxylic acids is 2. The van der Waals surface area contributed by atoms with Gasteiger partial charge in [-0.15, -0.1) is 11.3 Å². The van der Waals surface area contributed by atoms with Crippen LogP contribution in [0.3, 0.4) is 0 Å². The molecule has 1 aromatic rings. The summed E-state index contributed by atoms with van der Waals surface area (Å²) in [7, 11) is 0. The minimum atomic E-state index is -0.885. The van der Waals surface area contributed by atoms with Gasteiger partial charge in [0, 0.05) is 20.0 Å². The van der Waals surface area contributed by atoms with E-state index in [1.54, 1.807) is 12.1 Å². The molecule has 2 rings (SSSR count). The smallest absolute Gasteiger partial charge is 0.264 e. The largest absolute Gasteiger partial charge is 0.388 e. The van der Waals surface area contributed by atoms with Gasteiger partial charge in [0.2, 0.25) is 5.91 Å². The van der Waals surface area contributed by atoms with Gasteiger partial charge in [0.05, 0.1) is 22.1 Å². The summed E-state index contributed by atoms with van der Waals surface area (Å²) < 4.78 is 0. The van der Waals surface area contributed by atoms with E-state index in [2.05, 4.69) is 5.32 Å². The van der Waals surface area contributed by atoms with E-state index in [0.29, 0.717) is 9.88 Å².